The van der Waals surface area contributed by atoms with E-state index in [0.717, 1.165) is 0 Å². The molecule has 0 aliphatic carbocycles. The van der Waals surface area contributed by atoms with Gasteiger partial charge in [-0.15, -0.1) is 0 Å². The summed E-state index contributed by atoms with van der Waals surface area (Å²) in [5.41, 5.74) is -1.34. The van der Waals surface area contributed by atoms with Crippen LogP contribution >= 0.6 is 0 Å². The molecule has 1 aliphatic rings. The van der Waals surface area contributed by atoms with Crippen LogP contribution in [0.25, 0.3) is 0 Å². The standard InChI is InChI=1S/C7H10O5S/c1-5(8)2-7(6(9)10)3-13(11,12)4-7/h2-4H2,1H3,(H,9,10). The molecule has 6 heteroatoms. The number of carbonyl (C=O) groups is 2. The molecule has 0 amide bonds. The number of carbonyl (C=O) groups excluding carboxylic acids is 1. The van der Waals surface area contributed by atoms with Gasteiger partial charge in [-0.05, 0) is 6.92 Å². The quantitative estimate of drug-likeness (QED) is 0.670. The van der Waals surface area contributed by atoms with E-state index in [1.165, 1.54) is 6.92 Å². The molecule has 13 heavy (non-hydrogen) atoms. The lowest BCUT2D eigenvalue weighted by atomic mass is 9.86. The Morgan fingerprint density at radius 1 is 1.38 bits per heavy atom. The fourth-order valence-corrected chi connectivity index (χ4v) is 3.63. The molecule has 0 aromatic carbocycles. The maximum atomic E-state index is 10.8. The number of ketones is 1. The molecule has 0 aromatic rings. The van der Waals surface area contributed by atoms with E-state index in [2.05, 4.69) is 0 Å². The number of rotatable bonds is 3. The van der Waals surface area contributed by atoms with Gasteiger partial charge in [0.2, 0.25) is 0 Å². The first-order valence-corrected chi connectivity index (χ1v) is 5.53. The van der Waals surface area contributed by atoms with Gasteiger partial charge in [-0.2, -0.15) is 0 Å². The molecule has 1 fully saturated rings. The topological polar surface area (TPSA) is 88.5 Å². The summed E-state index contributed by atoms with van der Waals surface area (Å²) in [6, 6.07) is 0. The van der Waals surface area contributed by atoms with Crippen molar-refractivity contribution in [3.63, 3.8) is 0 Å². The number of hydrogen-bond donors (Lipinski definition) is 1. The molecule has 0 bridgehead atoms. The third-order valence-corrected chi connectivity index (χ3v) is 4.02. The summed E-state index contributed by atoms with van der Waals surface area (Å²) in [4.78, 5) is 21.4. The molecule has 1 heterocycles. The van der Waals surface area contributed by atoms with Crippen molar-refractivity contribution in [3.05, 3.63) is 0 Å². The van der Waals surface area contributed by atoms with Crippen molar-refractivity contribution in [2.24, 2.45) is 5.41 Å². The number of carboxylic acids is 1. The highest BCUT2D eigenvalue weighted by molar-refractivity contribution is 7.93. The van der Waals surface area contributed by atoms with Gasteiger partial charge in [0.1, 0.15) is 11.2 Å². The normalized spacial score (nSPS) is 23.2. The second kappa shape index (κ2) is 2.80. The predicted octanol–water partition coefficient (Wildman–Crippen LogP) is -0.535. The van der Waals surface area contributed by atoms with E-state index in [4.69, 9.17) is 5.11 Å². The van der Waals surface area contributed by atoms with Crippen molar-refractivity contribution < 1.29 is 23.1 Å². The predicted molar refractivity (Wildman–Crippen MR) is 44.0 cm³/mol. The average molecular weight is 206 g/mol. The summed E-state index contributed by atoms with van der Waals surface area (Å²) in [5, 5.41) is 8.75. The van der Waals surface area contributed by atoms with E-state index >= 15 is 0 Å². The first-order valence-electron chi connectivity index (χ1n) is 3.71. The van der Waals surface area contributed by atoms with Crippen molar-refractivity contribution in [1.82, 2.24) is 0 Å². The van der Waals surface area contributed by atoms with Crippen LogP contribution < -0.4 is 0 Å². The van der Waals surface area contributed by atoms with Gasteiger partial charge in [0, 0.05) is 6.42 Å². The van der Waals surface area contributed by atoms with Crippen LogP contribution in [0.2, 0.25) is 0 Å². The zero-order valence-electron chi connectivity index (χ0n) is 7.11. The lowest BCUT2D eigenvalue weighted by Gasteiger charge is -2.35. The van der Waals surface area contributed by atoms with Gasteiger partial charge in [-0.1, -0.05) is 0 Å². The maximum Gasteiger partial charge on any atom is 0.312 e. The van der Waals surface area contributed by atoms with Crippen LogP contribution in [-0.2, 0) is 19.4 Å². The van der Waals surface area contributed by atoms with E-state index in [9.17, 15) is 18.0 Å². The first kappa shape index (κ1) is 10.2. The number of sulfone groups is 1. The van der Waals surface area contributed by atoms with Gasteiger partial charge in [0.15, 0.2) is 9.84 Å². The Hall–Kier alpha value is -0.910. The SMILES string of the molecule is CC(=O)CC1(C(=O)O)CS(=O)(=O)C1. The third-order valence-electron chi connectivity index (χ3n) is 2.03. The Morgan fingerprint density at radius 2 is 1.85 bits per heavy atom. The van der Waals surface area contributed by atoms with Gasteiger partial charge >= 0.3 is 5.97 Å². The van der Waals surface area contributed by atoms with Crippen molar-refractivity contribution in [2.45, 2.75) is 13.3 Å². The lowest BCUT2D eigenvalue weighted by molar-refractivity contribution is -0.149. The van der Waals surface area contributed by atoms with E-state index in [0.29, 0.717) is 0 Å². The summed E-state index contributed by atoms with van der Waals surface area (Å²) in [7, 11) is -3.21. The van der Waals surface area contributed by atoms with Crippen molar-refractivity contribution in [1.29, 1.82) is 0 Å². The smallest absolute Gasteiger partial charge is 0.312 e. The molecular formula is C7H10O5S. The molecule has 0 atom stereocenters. The fourth-order valence-electron chi connectivity index (χ4n) is 1.58. The Morgan fingerprint density at radius 3 is 2.08 bits per heavy atom. The molecule has 1 N–H and O–H groups in total. The monoisotopic (exact) mass is 206 g/mol. The molecule has 0 aromatic heterocycles. The molecule has 0 radical (unpaired) electrons. The van der Waals surface area contributed by atoms with Gasteiger partial charge in [0.05, 0.1) is 11.5 Å². The summed E-state index contributed by atoms with van der Waals surface area (Å²) in [6.07, 6.45) is -0.193. The highest BCUT2D eigenvalue weighted by atomic mass is 32.2. The van der Waals surface area contributed by atoms with Gasteiger partial charge < -0.3 is 5.11 Å². The molecular weight excluding hydrogens is 196 g/mol. The highest BCUT2D eigenvalue weighted by Crippen LogP contribution is 2.36. The number of hydrogen-bond acceptors (Lipinski definition) is 4. The van der Waals surface area contributed by atoms with Crippen molar-refractivity contribution in [2.75, 3.05) is 11.5 Å². The number of aliphatic carboxylic acids is 1. The van der Waals surface area contributed by atoms with Crippen molar-refractivity contribution >= 4 is 21.6 Å². The van der Waals surface area contributed by atoms with Crippen LogP contribution in [0.4, 0.5) is 0 Å². The van der Waals surface area contributed by atoms with Gasteiger partial charge in [0.25, 0.3) is 0 Å². The Balaban J connectivity index is 2.83. The van der Waals surface area contributed by atoms with Gasteiger partial charge in [-0.25, -0.2) is 8.42 Å². The van der Waals surface area contributed by atoms with Crippen LogP contribution in [0, 0.1) is 5.41 Å². The van der Waals surface area contributed by atoms with E-state index in [1.807, 2.05) is 0 Å². The molecule has 0 unspecified atom stereocenters. The minimum atomic E-state index is -3.21. The minimum Gasteiger partial charge on any atom is -0.481 e. The largest absolute Gasteiger partial charge is 0.481 e. The second-order valence-corrected chi connectivity index (χ2v) is 5.56. The fraction of sp³-hybridized carbons (Fsp3) is 0.714. The van der Waals surface area contributed by atoms with E-state index in [1.54, 1.807) is 0 Å². The molecule has 1 saturated heterocycles. The Labute approximate surface area is 75.7 Å². The van der Waals surface area contributed by atoms with Crippen LogP contribution in [0.3, 0.4) is 0 Å². The maximum absolute atomic E-state index is 10.8. The van der Waals surface area contributed by atoms with E-state index < -0.39 is 32.7 Å². The van der Waals surface area contributed by atoms with Crippen molar-refractivity contribution in [3.8, 4) is 0 Å². The molecule has 74 valence electrons. The van der Waals surface area contributed by atoms with Crippen LogP contribution in [-0.4, -0.2) is 36.8 Å². The Kier molecular flexibility index (Phi) is 2.19. The summed E-state index contributed by atoms with van der Waals surface area (Å²) < 4.78 is 21.6. The molecule has 1 aliphatic heterocycles. The third kappa shape index (κ3) is 1.88. The van der Waals surface area contributed by atoms with Gasteiger partial charge in [-0.3, -0.25) is 9.59 Å². The summed E-state index contributed by atoms with van der Waals surface area (Å²) in [5.74, 6) is -2.31. The van der Waals surface area contributed by atoms with E-state index in [-0.39, 0.29) is 12.2 Å². The zero-order chi connectivity index (χ0) is 10.3. The average Bonchev–Trinajstić information content (AvgIpc) is 1.80. The minimum absolute atomic E-state index is 0.193. The second-order valence-electron chi connectivity index (χ2n) is 3.50. The zero-order valence-corrected chi connectivity index (χ0v) is 7.93. The van der Waals surface area contributed by atoms with Crippen LogP contribution in [0.5, 0.6) is 0 Å². The van der Waals surface area contributed by atoms with Crippen LogP contribution in [0.1, 0.15) is 13.3 Å². The molecule has 5 nitrogen and oxygen atoms in total. The molecule has 0 spiro atoms. The molecule has 0 saturated carbocycles. The van der Waals surface area contributed by atoms with Crippen LogP contribution in [0.15, 0.2) is 0 Å². The lowest BCUT2D eigenvalue weighted by Crippen LogP contribution is -2.54. The number of Topliss-reactive ketones (excluding diaryl/α,β-unsaturated/α-hetero) is 1. The summed E-state index contributed by atoms with van der Waals surface area (Å²) in [6.45, 7) is 1.26. The molecule has 1 rings (SSSR count). The Bertz CT molecular complexity index is 341. The highest BCUT2D eigenvalue weighted by Gasteiger charge is 2.54. The number of carboxylic acid groups (broad SMARTS) is 1. The summed E-state index contributed by atoms with van der Waals surface area (Å²) >= 11 is 0. The first-order chi connectivity index (χ1) is 5.77.